The molecule has 2 aliphatic heterocycles. The Hall–Kier alpha value is -3.14. The summed E-state index contributed by atoms with van der Waals surface area (Å²) < 4.78 is 6.03. The van der Waals surface area contributed by atoms with Gasteiger partial charge in [-0.25, -0.2) is 0 Å². The number of likely N-dealkylation sites (tertiary alicyclic amines) is 1. The molecule has 0 radical (unpaired) electrons. The number of hydrogen-bond acceptors (Lipinski definition) is 6. The van der Waals surface area contributed by atoms with Gasteiger partial charge in [0.2, 0.25) is 17.7 Å². The summed E-state index contributed by atoms with van der Waals surface area (Å²) in [4.78, 5) is 54.9. The molecular weight excluding hydrogens is 498 g/mol. The third-order valence-corrected chi connectivity index (χ3v) is 7.41. The van der Waals surface area contributed by atoms with Crippen molar-refractivity contribution in [1.29, 1.82) is 0 Å². The molecule has 1 saturated heterocycles. The number of hydrogen-bond donors (Lipinski definition) is 4. The number of carbonyl (C=O) groups is 4. The van der Waals surface area contributed by atoms with Crippen molar-refractivity contribution in [2.45, 2.75) is 77.9 Å². The molecule has 1 aromatic carbocycles. The zero-order valence-electron chi connectivity index (χ0n) is 23.8. The highest BCUT2D eigenvalue weighted by atomic mass is 16.5. The molecule has 0 aliphatic carbocycles. The zero-order valence-corrected chi connectivity index (χ0v) is 23.8. The maximum absolute atomic E-state index is 13.3. The Kier molecular flexibility index (Phi) is 11.6. The molecule has 0 spiro atoms. The van der Waals surface area contributed by atoms with E-state index >= 15 is 0 Å². The molecule has 1 fully saturated rings. The number of ether oxygens (including phenoxy) is 1. The number of fused-ring (bicyclic) bond motifs is 1. The minimum atomic E-state index is -0.919. The minimum Gasteiger partial charge on any atom is -0.491 e. The van der Waals surface area contributed by atoms with Gasteiger partial charge in [-0.05, 0) is 56.3 Å². The number of nitrogens with zero attached hydrogens (tertiary/aromatic N) is 1. The number of nitrogens with one attached hydrogen (secondary N) is 4. The van der Waals surface area contributed by atoms with E-state index in [2.05, 4.69) is 26.2 Å². The lowest BCUT2D eigenvalue weighted by molar-refractivity contribution is -0.131. The van der Waals surface area contributed by atoms with Crippen molar-refractivity contribution in [2.24, 2.45) is 11.8 Å². The van der Waals surface area contributed by atoms with E-state index in [0.717, 1.165) is 32.5 Å². The monoisotopic (exact) mass is 543 g/mol. The van der Waals surface area contributed by atoms with Crippen LogP contribution in [0.3, 0.4) is 0 Å². The predicted molar refractivity (Wildman–Crippen MR) is 149 cm³/mol. The number of amides is 4. The highest BCUT2D eigenvalue weighted by molar-refractivity contribution is 5.99. The number of piperidine rings is 1. The molecule has 216 valence electrons. The first-order valence-electron chi connectivity index (χ1n) is 14.3. The van der Waals surface area contributed by atoms with Crippen LogP contribution < -0.4 is 26.0 Å². The Morgan fingerprint density at radius 2 is 1.72 bits per heavy atom. The lowest BCUT2D eigenvalue weighted by atomic mass is 10.00. The van der Waals surface area contributed by atoms with Crippen LogP contribution in [0, 0.1) is 11.8 Å². The molecule has 0 aromatic heterocycles. The molecule has 10 nitrogen and oxygen atoms in total. The van der Waals surface area contributed by atoms with E-state index in [-0.39, 0.29) is 60.6 Å². The molecule has 4 N–H and O–H groups in total. The van der Waals surface area contributed by atoms with Crippen LogP contribution in [0.25, 0.3) is 0 Å². The first-order valence-corrected chi connectivity index (χ1v) is 14.3. The highest BCUT2D eigenvalue weighted by Crippen LogP contribution is 2.20. The van der Waals surface area contributed by atoms with Crippen LogP contribution in [-0.4, -0.2) is 79.4 Å². The van der Waals surface area contributed by atoms with E-state index in [1.165, 1.54) is 6.42 Å². The van der Waals surface area contributed by atoms with Gasteiger partial charge in [-0.3, -0.25) is 19.2 Å². The Labute approximate surface area is 232 Å². The Bertz CT molecular complexity index is 992. The first-order chi connectivity index (χ1) is 18.7. The van der Waals surface area contributed by atoms with Gasteiger partial charge >= 0.3 is 0 Å². The Balaban J connectivity index is 1.80. The number of para-hydroxylation sites is 1. The van der Waals surface area contributed by atoms with E-state index in [4.69, 9.17) is 4.74 Å². The Morgan fingerprint density at radius 3 is 2.41 bits per heavy atom. The number of benzene rings is 1. The summed E-state index contributed by atoms with van der Waals surface area (Å²) in [5, 5.41) is 11.6. The van der Waals surface area contributed by atoms with Crippen LogP contribution in [0.4, 0.5) is 0 Å². The summed E-state index contributed by atoms with van der Waals surface area (Å²) in [5.74, 6) is -1.17. The van der Waals surface area contributed by atoms with E-state index in [0.29, 0.717) is 12.3 Å². The summed E-state index contributed by atoms with van der Waals surface area (Å²) in [6.07, 6.45) is 3.64. The molecule has 2 aliphatic rings. The standard InChI is InChI=1S/C29H45N5O5/c1-19(2)23-18-39-24-11-7-6-10-21(24)27(36)31-22(28(37)30-14-17-34-15-8-5-9-16-34)12-13-25(35)33-26(20(3)4)29(38)32-23/h6-7,10-11,19-20,22-23,26H,5,8-9,12-18H2,1-4H3,(H,30,37)(H,31,36)(H,32,38)(H,33,35)/t22-,23+,26+/m0/s1. The Morgan fingerprint density at radius 1 is 1.00 bits per heavy atom. The quantitative estimate of drug-likeness (QED) is 0.434. The maximum Gasteiger partial charge on any atom is 0.255 e. The van der Waals surface area contributed by atoms with Gasteiger partial charge < -0.3 is 30.9 Å². The third kappa shape index (κ3) is 9.23. The SMILES string of the molecule is CC(C)[C@H]1COc2ccccc2C(=O)N[C@H](C(=O)NCCN2CCCCC2)CCC(=O)N[C@H](C(C)C)C(=O)N1. The molecule has 0 bridgehead atoms. The first kappa shape index (κ1) is 30.4. The van der Waals surface area contributed by atoms with Crippen molar-refractivity contribution in [3.63, 3.8) is 0 Å². The fraction of sp³-hybridized carbons (Fsp3) is 0.655. The molecule has 0 saturated carbocycles. The fourth-order valence-corrected chi connectivity index (χ4v) is 4.84. The van der Waals surface area contributed by atoms with E-state index in [1.54, 1.807) is 24.3 Å². The van der Waals surface area contributed by atoms with Gasteiger partial charge in [0.25, 0.3) is 5.91 Å². The maximum atomic E-state index is 13.3. The molecule has 4 amide bonds. The largest absolute Gasteiger partial charge is 0.491 e. The normalized spacial score (nSPS) is 23.9. The highest BCUT2D eigenvalue weighted by Gasteiger charge is 2.30. The van der Waals surface area contributed by atoms with Crippen LogP contribution in [0.5, 0.6) is 5.75 Å². The van der Waals surface area contributed by atoms with E-state index in [1.807, 2.05) is 27.7 Å². The van der Waals surface area contributed by atoms with Crippen LogP contribution in [0.2, 0.25) is 0 Å². The molecule has 1 aromatic rings. The molecular formula is C29H45N5O5. The van der Waals surface area contributed by atoms with Gasteiger partial charge in [0.15, 0.2) is 0 Å². The summed E-state index contributed by atoms with van der Waals surface area (Å²) >= 11 is 0. The number of carbonyl (C=O) groups excluding carboxylic acids is 4. The minimum absolute atomic E-state index is 0.0211. The zero-order chi connectivity index (χ0) is 28.4. The van der Waals surface area contributed by atoms with Crippen molar-refractivity contribution in [1.82, 2.24) is 26.2 Å². The smallest absolute Gasteiger partial charge is 0.255 e. The van der Waals surface area contributed by atoms with E-state index in [9.17, 15) is 19.2 Å². The topological polar surface area (TPSA) is 129 Å². The van der Waals surface area contributed by atoms with Crippen molar-refractivity contribution >= 4 is 23.6 Å². The predicted octanol–water partition coefficient (Wildman–Crippen LogP) is 1.84. The van der Waals surface area contributed by atoms with E-state index < -0.39 is 18.0 Å². The summed E-state index contributed by atoms with van der Waals surface area (Å²) in [6, 6.07) is 4.84. The van der Waals surface area contributed by atoms with Crippen LogP contribution in [0.15, 0.2) is 24.3 Å². The van der Waals surface area contributed by atoms with Gasteiger partial charge in [0, 0.05) is 19.5 Å². The molecule has 0 unspecified atom stereocenters. The lowest BCUT2D eigenvalue weighted by Gasteiger charge is -2.27. The fourth-order valence-electron chi connectivity index (χ4n) is 4.84. The second-order valence-corrected chi connectivity index (χ2v) is 11.2. The third-order valence-electron chi connectivity index (χ3n) is 7.41. The van der Waals surface area contributed by atoms with Crippen molar-refractivity contribution in [2.75, 3.05) is 32.8 Å². The number of rotatable bonds is 6. The molecule has 39 heavy (non-hydrogen) atoms. The van der Waals surface area contributed by atoms with Crippen LogP contribution >= 0.6 is 0 Å². The van der Waals surface area contributed by atoms with Gasteiger partial charge in [-0.15, -0.1) is 0 Å². The van der Waals surface area contributed by atoms with Gasteiger partial charge in [-0.2, -0.15) is 0 Å². The molecule has 3 rings (SSSR count). The van der Waals surface area contributed by atoms with Gasteiger partial charge in [-0.1, -0.05) is 46.2 Å². The molecule has 2 heterocycles. The second kappa shape index (κ2) is 14.9. The van der Waals surface area contributed by atoms with Crippen LogP contribution in [-0.2, 0) is 14.4 Å². The average molecular weight is 544 g/mol. The van der Waals surface area contributed by atoms with Crippen molar-refractivity contribution < 1.29 is 23.9 Å². The molecule has 10 heteroatoms. The second-order valence-electron chi connectivity index (χ2n) is 11.2. The van der Waals surface area contributed by atoms with Crippen molar-refractivity contribution in [3.05, 3.63) is 29.8 Å². The summed E-state index contributed by atoms with van der Waals surface area (Å²) in [5.41, 5.74) is 0.289. The molecule has 3 atom stereocenters. The van der Waals surface area contributed by atoms with Gasteiger partial charge in [0.1, 0.15) is 24.4 Å². The lowest BCUT2D eigenvalue weighted by Crippen LogP contribution is -2.54. The summed E-state index contributed by atoms with van der Waals surface area (Å²) in [7, 11) is 0. The van der Waals surface area contributed by atoms with Crippen molar-refractivity contribution in [3.8, 4) is 5.75 Å². The summed E-state index contributed by atoms with van der Waals surface area (Å²) in [6.45, 7) is 11.1. The van der Waals surface area contributed by atoms with Crippen LogP contribution in [0.1, 0.15) is 70.2 Å². The van der Waals surface area contributed by atoms with Gasteiger partial charge in [0.05, 0.1) is 11.6 Å². The average Bonchev–Trinajstić information content (AvgIpc) is 2.91.